The van der Waals surface area contributed by atoms with Crippen molar-refractivity contribution in [3.05, 3.63) is 29.7 Å². The molecule has 9 nitrogen and oxygen atoms in total. The van der Waals surface area contributed by atoms with E-state index >= 15 is 0 Å². The molecule has 1 saturated heterocycles. The van der Waals surface area contributed by atoms with E-state index in [1.165, 1.54) is 6.07 Å². The smallest absolute Gasteiger partial charge is 0.223 e. The number of halogens is 2. The summed E-state index contributed by atoms with van der Waals surface area (Å²) in [6.45, 7) is 4.80. The highest BCUT2D eigenvalue weighted by molar-refractivity contribution is 7.63. The van der Waals surface area contributed by atoms with Gasteiger partial charge >= 0.3 is 0 Å². The lowest BCUT2D eigenvalue weighted by atomic mass is 10.0. The van der Waals surface area contributed by atoms with Gasteiger partial charge in [-0.25, -0.2) is 32.2 Å². The summed E-state index contributed by atoms with van der Waals surface area (Å²) in [7, 11) is 0. The van der Waals surface area contributed by atoms with E-state index in [-0.39, 0.29) is 47.2 Å². The van der Waals surface area contributed by atoms with Gasteiger partial charge in [0.2, 0.25) is 5.95 Å². The Bertz CT molecular complexity index is 1220. The minimum atomic E-state index is -0.806. The largest absolute Gasteiger partial charge is 0.488 e. The number of aliphatic hydroxyl groups excluding tert-OH is 1. The maximum Gasteiger partial charge on any atom is 0.223 e. The number of piperidine rings is 1. The van der Waals surface area contributed by atoms with Gasteiger partial charge in [0.25, 0.3) is 0 Å². The van der Waals surface area contributed by atoms with Gasteiger partial charge in [0.1, 0.15) is 29.2 Å². The molecule has 32 heavy (non-hydrogen) atoms. The van der Waals surface area contributed by atoms with Gasteiger partial charge in [-0.2, -0.15) is 0 Å². The quantitative estimate of drug-likeness (QED) is 0.505. The van der Waals surface area contributed by atoms with Crippen molar-refractivity contribution in [3.8, 4) is 17.0 Å². The monoisotopic (exact) mass is 464 g/mol. The van der Waals surface area contributed by atoms with E-state index in [1.807, 2.05) is 11.5 Å². The number of β-amino-alcohol motifs (C(OH)–C–C–N with tert-alkyl or cyclic N) is 1. The third kappa shape index (κ3) is 3.42. The third-order valence-corrected chi connectivity index (χ3v) is 6.54. The molecule has 3 unspecified atom stereocenters. The fraction of sp³-hybridized carbons (Fsp3) is 0.450. The standard InChI is InChI=1S/C20H22F2N6O3S/c1-9-8-31-19-11(5-12(21)17-18(19)28(9)10(2)24-17)16-13(22)6-23-20(26-16)25-14-3-4-27(32-30)7-15(14)29/h5-6,9,14-15,29,32H,3-4,7-8H2,1-2H3,(H,23,25,26). The van der Waals surface area contributed by atoms with Crippen LogP contribution in [0.25, 0.3) is 22.3 Å². The lowest BCUT2D eigenvalue weighted by Gasteiger charge is -2.33. The molecule has 1 aromatic carbocycles. The molecule has 0 amide bonds. The summed E-state index contributed by atoms with van der Waals surface area (Å²) in [6.07, 6.45) is 0.697. The van der Waals surface area contributed by atoms with Crippen LogP contribution < -0.4 is 10.1 Å². The Morgan fingerprint density at radius 1 is 1.31 bits per heavy atom. The minimum Gasteiger partial charge on any atom is -0.488 e. The Morgan fingerprint density at radius 2 is 2.12 bits per heavy atom. The third-order valence-electron chi connectivity index (χ3n) is 5.94. The zero-order chi connectivity index (χ0) is 22.6. The number of aryl methyl sites for hydroxylation is 1. The van der Waals surface area contributed by atoms with Crippen molar-refractivity contribution in [1.82, 2.24) is 23.8 Å². The molecule has 0 saturated carbocycles. The van der Waals surface area contributed by atoms with Crippen LogP contribution >= 0.6 is 0 Å². The summed E-state index contributed by atoms with van der Waals surface area (Å²) in [4.78, 5) is 12.6. The van der Waals surface area contributed by atoms with Crippen LogP contribution in [0.15, 0.2) is 12.3 Å². The summed E-state index contributed by atoms with van der Waals surface area (Å²) in [5, 5.41) is 13.3. The number of aromatic nitrogens is 4. The van der Waals surface area contributed by atoms with E-state index in [4.69, 9.17) is 4.74 Å². The van der Waals surface area contributed by atoms with Gasteiger partial charge in [0.05, 0.1) is 41.8 Å². The number of benzene rings is 1. The first-order chi connectivity index (χ1) is 15.4. The molecule has 1 fully saturated rings. The van der Waals surface area contributed by atoms with Crippen molar-refractivity contribution in [1.29, 1.82) is 0 Å². The van der Waals surface area contributed by atoms with E-state index in [0.29, 0.717) is 36.7 Å². The van der Waals surface area contributed by atoms with Gasteiger partial charge in [-0.3, -0.25) is 0 Å². The zero-order valence-corrected chi connectivity index (χ0v) is 18.3. The second-order valence-electron chi connectivity index (χ2n) is 8.11. The number of imidazole rings is 1. The highest BCUT2D eigenvalue weighted by Gasteiger charge is 2.31. The predicted molar refractivity (Wildman–Crippen MR) is 115 cm³/mol. The van der Waals surface area contributed by atoms with E-state index in [0.717, 1.165) is 6.20 Å². The normalized spacial score (nSPS) is 23.3. The molecular weight excluding hydrogens is 442 g/mol. The lowest BCUT2D eigenvalue weighted by Crippen LogP contribution is -2.48. The number of rotatable bonds is 4. The van der Waals surface area contributed by atoms with Crippen LogP contribution in [0.5, 0.6) is 5.75 Å². The topological polar surface area (TPSA) is 105 Å². The SMILES string of the molecule is Cc1nc2c(F)cc(-c3nc(NC4CCN([SH]=O)CC4O)ncc3F)c3c2n1C(C)CO3. The van der Waals surface area contributed by atoms with Crippen LogP contribution in [0, 0.1) is 18.6 Å². The van der Waals surface area contributed by atoms with Crippen LogP contribution in [-0.4, -0.2) is 65.0 Å². The molecule has 3 aromatic rings. The van der Waals surface area contributed by atoms with Crippen molar-refractivity contribution in [3.63, 3.8) is 0 Å². The summed E-state index contributed by atoms with van der Waals surface area (Å²) in [5.74, 6) is -0.246. The van der Waals surface area contributed by atoms with Crippen molar-refractivity contribution >= 4 is 28.8 Å². The molecule has 0 spiro atoms. The molecule has 4 heterocycles. The van der Waals surface area contributed by atoms with Crippen molar-refractivity contribution in [2.24, 2.45) is 0 Å². The van der Waals surface area contributed by atoms with Gasteiger partial charge in [-0.15, -0.1) is 0 Å². The van der Waals surface area contributed by atoms with Crippen LogP contribution in [0.4, 0.5) is 14.7 Å². The number of ether oxygens (including phenoxy) is 1. The molecule has 2 aromatic heterocycles. The molecule has 2 N–H and O–H groups in total. The summed E-state index contributed by atoms with van der Waals surface area (Å²) >= 11 is -0.144. The zero-order valence-electron chi connectivity index (χ0n) is 17.4. The van der Waals surface area contributed by atoms with Gasteiger partial charge in [-0.05, 0) is 26.3 Å². The molecule has 5 rings (SSSR count). The van der Waals surface area contributed by atoms with Crippen LogP contribution in [0.3, 0.4) is 0 Å². The fourth-order valence-corrected chi connectivity index (χ4v) is 4.84. The average Bonchev–Trinajstić information content (AvgIpc) is 3.14. The number of thiol groups is 1. The van der Waals surface area contributed by atoms with Gasteiger partial charge < -0.3 is 19.7 Å². The van der Waals surface area contributed by atoms with Crippen molar-refractivity contribution < 1.29 is 22.8 Å². The molecule has 170 valence electrons. The second-order valence-corrected chi connectivity index (χ2v) is 8.84. The van der Waals surface area contributed by atoms with Crippen LogP contribution in [0.2, 0.25) is 0 Å². The van der Waals surface area contributed by atoms with E-state index in [1.54, 1.807) is 11.2 Å². The first kappa shape index (κ1) is 21.2. The summed E-state index contributed by atoms with van der Waals surface area (Å²) < 4.78 is 50.1. The lowest BCUT2D eigenvalue weighted by molar-refractivity contribution is 0.0980. The van der Waals surface area contributed by atoms with E-state index < -0.39 is 23.8 Å². The molecule has 2 aliphatic heterocycles. The first-order valence-electron chi connectivity index (χ1n) is 10.3. The Hall–Kier alpha value is -2.70. The summed E-state index contributed by atoms with van der Waals surface area (Å²) in [6, 6.07) is 0.737. The minimum absolute atomic E-state index is 0.0458. The Balaban J connectivity index is 1.56. The number of nitrogens with one attached hydrogen (secondary N) is 1. The van der Waals surface area contributed by atoms with Crippen molar-refractivity contribution in [2.45, 2.75) is 38.5 Å². The first-order valence-corrected chi connectivity index (χ1v) is 11.0. The maximum absolute atomic E-state index is 14.9. The maximum atomic E-state index is 14.9. The average molecular weight is 464 g/mol. The second kappa shape index (κ2) is 8.01. The molecule has 3 atom stereocenters. The van der Waals surface area contributed by atoms with Crippen LogP contribution in [-0.2, 0) is 11.9 Å². The Morgan fingerprint density at radius 3 is 2.88 bits per heavy atom. The molecule has 2 aliphatic rings. The molecule has 0 bridgehead atoms. The number of hydrogen-bond acceptors (Lipinski definition) is 7. The highest BCUT2D eigenvalue weighted by atomic mass is 32.2. The fourth-order valence-electron chi connectivity index (χ4n) is 4.40. The number of hydrogen-bond donors (Lipinski definition) is 3. The van der Waals surface area contributed by atoms with E-state index in [2.05, 4.69) is 20.3 Å². The van der Waals surface area contributed by atoms with Crippen molar-refractivity contribution in [2.75, 3.05) is 25.0 Å². The molecule has 12 heteroatoms. The van der Waals surface area contributed by atoms with E-state index in [9.17, 15) is 18.1 Å². The predicted octanol–water partition coefficient (Wildman–Crippen LogP) is 1.74. The van der Waals surface area contributed by atoms with Gasteiger partial charge in [0, 0.05) is 13.1 Å². The van der Waals surface area contributed by atoms with Gasteiger partial charge in [-0.1, -0.05) is 0 Å². The molecule has 0 radical (unpaired) electrons. The number of aliphatic hydroxyl groups is 1. The molecular formula is C20H22F2N6O3S. The number of nitrogens with zero attached hydrogens (tertiary/aromatic N) is 5. The summed E-state index contributed by atoms with van der Waals surface area (Å²) in [5.41, 5.74) is 0.714. The van der Waals surface area contributed by atoms with Crippen LogP contribution in [0.1, 0.15) is 25.2 Å². The van der Waals surface area contributed by atoms with Gasteiger partial charge in [0.15, 0.2) is 17.4 Å². The molecule has 0 aliphatic carbocycles. The Labute approximate surface area is 186 Å². The number of anilines is 1. The Kier molecular flexibility index (Phi) is 5.30. The highest BCUT2D eigenvalue weighted by Crippen LogP contribution is 2.42.